The summed E-state index contributed by atoms with van der Waals surface area (Å²) < 4.78 is 13.9. The molecule has 3 rings (SSSR count). The summed E-state index contributed by atoms with van der Waals surface area (Å²) >= 11 is 6.07. The van der Waals surface area contributed by atoms with Gasteiger partial charge in [0.25, 0.3) is 0 Å². The zero-order valence-electron chi connectivity index (χ0n) is 11.4. The van der Waals surface area contributed by atoms with Crippen molar-refractivity contribution < 1.29 is 9.18 Å². The fourth-order valence-corrected chi connectivity index (χ4v) is 3.32. The maximum atomic E-state index is 13.9. The molecule has 1 N–H and O–H groups in total. The molecule has 0 radical (unpaired) electrons. The van der Waals surface area contributed by atoms with Gasteiger partial charge in [0.2, 0.25) is 5.91 Å². The Hall–Kier alpha value is -1.13. The topological polar surface area (TPSA) is 32.3 Å². The molecule has 1 aromatic carbocycles. The molecule has 0 spiro atoms. The quantitative estimate of drug-likeness (QED) is 0.909. The summed E-state index contributed by atoms with van der Waals surface area (Å²) in [7, 11) is 0. The van der Waals surface area contributed by atoms with Crippen LogP contribution in [0.3, 0.4) is 0 Å². The van der Waals surface area contributed by atoms with Gasteiger partial charge in [0.05, 0.1) is 0 Å². The van der Waals surface area contributed by atoms with Crippen LogP contribution in [0.25, 0.3) is 0 Å². The molecule has 0 bridgehead atoms. The first-order chi connectivity index (χ1) is 9.58. The molecule has 2 fully saturated rings. The summed E-state index contributed by atoms with van der Waals surface area (Å²) in [6.45, 7) is 4.35. The summed E-state index contributed by atoms with van der Waals surface area (Å²) in [4.78, 5) is 14.3. The van der Waals surface area contributed by atoms with E-state index in [1.54, 1.807) is 12.1 Å². The Kier molecular flexibility index (Phi) is 3.69. The molecule has 1 amide bonds. The second-order valence-electron chi connectivity index (χ2n) is 5.72. The summed E-state index contributed by atoms with van der Waals surface area (Å²) in [5, 5.41) is 3.74. The van der Waals surface area contributed by atoms with Crippen molar-refractivity contribution in [2.24, 2.45) is 5.92 Å². The molecule has 1 aliphatic heterocycles. The van der Waals surface area contributed by atoms with Crippen molar-refractivity contribution in [1.29, 1.82) is 0 Å². The summed E-state index contributed by atoms with van der Waals surface area (Å²) in [5.74, 6) is -0.315. The minimum atomic E-state index is -0.300. The smallest absolute Gasteiger partial charge is 0.226 e. The summed E-state index contributed by atoms with van der Waals surface area (Å²) in [5.41, 5.74) is 0.510. The van der Waals surface area contributed by atoms with Crippen LogP contribution < -0.4 is 5.32 Å². The van der Waals surface area contributed by atoms with Gasteiger partial charge in [-0.3, -0.25) is 4.79 Å². The van der Waals surface area contributed by atoms with Gasteiger partial charge in [-0.05, 0) is 25.5 Å². The highest BCUT2D eigenvalue weighted by Gasteiger charge is 2.48. The maximum absolute atomic E-state index is 13.9. The van der Waals surface area contributed by atoms with Crippen LogP contribution in [0.4, 0.5) is 4.39 Å². The van der Waals surface area contributed by atoms with Crippen LogP contribution in [0.2, 0.25) is 5.02 Å². The third-order valence-electron chi connectivity index (χ3n) is 4.16. The van der Waals surface area contributed by atoms with Gasteiger partial charge in [-0.15, -0.1) is 0 Å². The zero-order valence-corrected chi connectivity index (χ0v) is 12.2. The van der Waals surface area contributed by atoms with Gasteiger partial charge in [-0.25, -0.2) is 4.39 Å². The molecule has 2 aliphatic rings. The van der Waals surface area contributed by atoms with E-state index in [1.807, 2.05) is 4.90 Å². The van der Waals surface area contributed by atoms with Gasteiger partial charge in [0, 0.05) is 48.1 Å². The molecule has 0 unspecified atom stereocenters. The molecule has 108 valence electrons. The Morgan fingerprint density at radius 2 is 2.30 bits per heavy atom. The van der Waals surface area contributed by atoms with Crippen molar-refractivity contribution >= 4 is 17.5 Å². The molecule has 20 heavy (non-hydrogen) atoms. The number of hydrogen-bond acceptors (Lipinski definition) is 2. The highest BCUT2D eigenvalue weighted by molar-refractivity contribution is 6.31. The first-order valence-electron chi connectivity index (χ1n) is 7.04. The van der Waals surface area contributed by atoms with Gasteiger partial charge in [0.15, 0.2) is 0 Å². The van der Waals surface area contributed by atoms with Gasteiger partial charge in [0.1, 0.15) is 5.82 Å². The van der Waals surface area contributed by atoms with Gasteiger partial charge < -0.3 is 10.2 Å². The second-order valence-corrected chi connectivity index (χ2v) is 6.13. The molecule has 1 aliphatic carbocycles. The third kappa shape index (κ3) is 2.54. The molecule has 1 saturated carbocycles. The van der Waals surface area contributed by atoms with Crippen molar-refractivity contribution in [2.45, 2.75) is 25.3 Å². The zero-order chi connectivity index (χ0) is 14.3. The van der Waals surface area contributed by atoms with Gasteiger partial charge >= 0.3 is 0 Å². The number of rotatable bonds is 2. The van der Waals surface area contributed by atoms with E-state index in [0.29, 0.717) is 23.0 Å². The van der Waals surface area contributed by atoms with Crippen LogP contribution >= 0.6 is 11.6 Å². The standard InChI is InChI=1S/C15H18ClFN2O/c1-9-8-19(6-5-18-9)15(20)11-7-10(11)14-12(16)3-2-4-13(14)17/h2-4,9-11,18H,5-8H2,1H3/t9-,10+,11+/m1/s1. The van der Waals surface area contributed by atoms with Crippen molar-refractivity contribution in [3.63, 3.8) is 0 Å². The first-order valence-corrected chi connectivity index (χ1v) is 7.42. The number of halogens is 2. The lowest BCUT2D eigenvalue weighted by Crippen LogP contribution is -2.51. The van der Waals surface area contributed by atoms with Crippen LogP contribution in [0.5, 0.6) is 0 Å². The van der Waals surface area contributed by atoms with Crippen LogP contribution in [0.1, 0.15) is 24.8 Å². The fraction of sp³-hybridized carbons (Fsp3) is 0.533. The number of amides is 1. The first kappa shape index (κ1) is 13.8. The van der Waals surface area contributed by atoms with Crippen LogP contribution in [0.15, 0.2) is 18.2 Å². The lowest BCUT2D eigenvalue weighted by atomic mass is 10.1. The molecular formula is C15H18ClFN2O. The highest BCUT2D eigenvalue weighted by Crippen LogP contribution is 2.51. The van der Waals surface area contributed by atoms with E-state index >= 15 is 0 Å². The fourth-order valence-electron chi connectivity index (χ4n) is 3.02. The Balaban J connectivity index is 1.71. The van der Waals surface area contributed by atoms with E-state index in [9.17, 15) is 9.18 Å². The molecule has 0 aromatic heterocycles. The van der Waals surface area contributed by atoms with Crippen molar-refractivity contribution in [2.75, 3.05) is 19.6 Å². The van der Waals surface area contributed by atoms with Gasteiger partial charge in [-0.1, -0.05) is 17.7 Å². The lowest BCUT2D eigenvalue weighted by molar-refractivity contribution is -0.133. The van der Waals surface area contributed by atoms with E-state index in [2.05, 4.69) is 12.2 Å². The number of hydrogen-bond donors (Lipinski definition) is 1. The third-order valence-corrected chi connectivity index (χ3v) is 4.49. The Morgan fingerprint density at radius 1 is 1.50 bits per heavy atom. The normalized spacial score (nSPS) is 29.4. The molecule has 1 saturated heterocycles. The molecule has 1 heterocycles. The van der Waals surface area contributed by atoms with Crippen LogP contribution in [0, 0.1) is 11.7 Å². The van der Waals surface area contributed by atoms with Gasteiger partial charge in [-0.2, -0.15) is 0 Å². The monoisotopic (exact) mass is 296 g/mol. The van der Waals surface area contributed by atoms with Crippen molar-refractivity contribution in [3.05, 3.63) is 34.6 Å². The van der Waals surface area contributed by atoms with Crippen LogP contribution in [-0.2, 0) is 4.79 Å². The summed E-state index contributed by atoms with van der Waals surface area (Å²) in [6.07, 6.45) is 0.706. The molecule has 3 nitrogen and oxygen atoms in total. The summed E-state index contributed by atoms with van der Waals surface area (Å²) in [6, 6.07) is 5.01. The Morgan fingerprint density at radius 3 is 3.00 bits per heavy atom. The number of carbonyl (C=O) groups is 1. The predicted octanol–water partition coefficient (Wildman–Crippen LogP) is 2.40. The average molecular weight is 297 g/mol. The van der Waals surface area contributed by atoms with Crippen molar-refractivity contribution in [3.8, 4) is 0 Å². The number of piperazine rings is 1. The maximum Gasteiger partial charge on any atom is 0.226 e. The van der Waals surface area contributed by atoms with E-state index in [-0.39, 0.29) is 23.6 Å². The molecule has 5 heteroatoms. The number of nitrogens with zero attached hydrogens (tertiary/aromatic N) is 1. The van der Waals surface area contributed by atoms with Crippen molar-refractivity contribution in [1.82, 2.24) is 10.2 Å². The minimum Gasteiger partial charge on any atom is -0.340 e. The Bertz CT molecular complexity index is 516. The molecule has 1 aromatic rings. The van der Waals surface area contributed by atoms with E-state index < -0.39 is 0 Å². The number of nitrogens with one attached hydrogen (secondary N) is 1. The van der Waals surface area contributed by atoms with E-state index in [0.717, 1.165) is 19.6 Å². The molecule has 3 atom stereocenters. The minimum absolute atomic E-state index is 0.0543. The van der Waals surface area contributed by atoms with E-state index in [1.165, 1.54) is 6.07 Å². The number of carbonyl (C=O) groups excluding carboxylic acids is 1. The largest absolute Gasteiger partial charge is 0.340 e. The average Bonchev–Trinajstić information content (AvgIpc) is 3.18. The lowest BCUT2D eigenvalue weighted by Gasteiger charge is -2.32. The SMILES string of the molecule is C[C@@H]1CN(C(=O)[C@H]2C[C@@H]2c2c(F)cccc2Cl)CCN1. The number of benzene rings is 1. The molecular weight excluding hydrogens is 279 g/mol. The predicted molar refractivity (Wildman–Crippen MR) is 76.3 cm³/mol. The second kappa shape index (κ2) is 5.34. The van der Waals surface area contributed by atoms with Crippen LogP contribution in [-0.4, -0.2) is 36.5 Å². The Labute approximate surface area is 123 Å². The highest BCUT2D eigenvalue weighted by atomic mass is 35.5. The van der Waals surface area contributed by atoms with E-state index in [4.69, 9.17) is 11.6 Å².